The Labute approximate surface area is 159 Å². The second-order valence-corrected chi connectivity index (χ2v) is 6.17. The lowest BCUT2D eigenvalue weighted by Crippen LogP contribution is -2.17. The van der Waals surface area contributed by atoms with Gasteiger partial charge in [0.25, 0.3) is 5.91 Å². The smallest absolute Gasteiger partial charge is 0.295 e. The maximum absolute atomic E-state index is 13.0. The highest BCUT2D eigenvalue weighted by molar-refractivity contribution is 6.01. The number of benzene rings is 2. The Bertz CT molecular complexity index is 990. The third-order valence-corrected chi connectivity index (χ3v) is 4.15. The lowest BCUT2D eigenvalue weighted by Gasteiger charge is -2.18. The summed E-state index contributed by atoms with van der Waals surface area (Å²) in [6.45, 7) is 1.02. The molecule has 0 bridgehead atoms. The molecule has 28 heavy (non-hydrogen) atoms. The zero-order chi connectivity index (χ0) is 19.5. The van der Waals surface area contributed by atoms with Crippen molar-refractivity contribution in [2.45, 2.75) is 12.6 Å². The molecule has 4 rings (SSSR count). The zero-order valence-electron chi connectivity index (χ0n) is 14.7. The van der Waals surface area contributed by atoms with Crippen LogP contribution >= 0.6 is 0 Å². The lowest BCUT2D eigenvalue weighted by molar-refractivity contribution is 0.101. The number of fused-ring (bicyclic) bond motifs is 1. The standard InChI is InChI=1S/C19H17FN4O4/c20-13-3-1-12(2-4-13)15(25)10-24-11-21-18(23-24)19(26)22-14-5-6-16-17(9-14)28-8-7-27-16/h1-6,9,11,15,25H,7-8,10H2,(H,22,26)/t15-/m0/s1. The molecular formula is C19H17FN4O4. The molecule has 1 amide bonds. The molecule has 8 nitrogen and oxygen atoms in total. The Kier molecular flexibility index (Phi) is 4.90. The molecule has 2 heterocycles. The van der Waals surface area contributed by atoms with Crippen molar-refractivity contribution in [2.24, 2.45) is 0 Å². The maximum atomic E-state index is 13.0. The van der Waals surface area contributed by atoms with E-state index in [2.05, 4.69) is 15.4 Å². The molecule has 2 N–H and O–H groups in total. The number of ether oxygens (including phenoxy) is 2. The van der Waals surface area contributed by atoms with Crippen LogP contribution in [-0.4, -0.2) is 39.0 Å². The molecule has 144 valence electrons. The first-order valence-corrected chi connectivity index (χ1v) is 8.62. The van der Waals surface area contributed by atoms with Crippen molar-refractivity contribution >= 4 is 11.6 Å². The fraction of sp³-hybridized carbons (Fsp3) is 0.211. The number of carbonyl (C=O) groups excluding carboxylic acids is 1. The zero-order valence-corrected chi connectivity index (χ0v) is 14.7. The van der Waals surface area contributed by atoms with Gasteiger partial charge in [-0.15, -0.1) is 5.10 Å². The first-order valence-electron chi connectivity index (χ1n) is 8.62. The number of halogens is 1. The fourth-order valence-corrected chi connectivity index (χ4v) is 2.76. The van der Waals surface area contributed by atoms with Crippen molar-refractivity contribution in [3.8, 4) is 11.5 Å². The van der Waals surface area contributed by atoms with Crippen LogP contribution in [0.4, 0.5) is 10.1 Å². The third kappa shape index (κ3) is 3.94. The lowest BCUT2D eigenvalue weighted by atomic mass is 10.1. The minimum absolute atomic E-state index is 0.0406. The van der Waals surface area contributed by atoms with Crippen LogP contribution in [0, 0.1) is 5.82 Å². The van der Waals surface area contributed by atoms with Crippen molar-refractivity contribution in [3.63, 3.8) is 0 Å². The monoisotopic (exact) mass is 384 g/mol. The van der Waals surface area contributed by atoms with E-state index in [0.29, 0.717) is 36.0 Å². The molecule has 3 aromatic rings. The first kappa shape index (κ1) is 17.9. The Morgan fingerprint density at radius 2 is 1.93 bits per heavy atom. The van der Waals surface area contributed by atoms with E-state index in [0.717, 1.165) is 0 Å². The number of aliphatic hydroxyl groups excluding tert-OH is 1. The van der Waals surface area contributed by atoms with Crippen molar-refractivity contribution in [3.05, 3.63) is 66.0 Å². The van der Waals surface area contributed by atoms with E-state index in [1.165, 1.54) is 35.3 Å². The average molecular weight is 384 g/mol. The van der Waals surface area contributed by atoms with Crippen LogP contribution in [0.15, 0.2) is 48.8 Å². The first-order chi connectivity index (χ1) is 13.6. The Morgan fingerprint density at radius 1 is 1.18 bits per heavy atom. The number of carbonyl (C=O) groups is 1. The van der Waals surface area contributed by atoms with Crippen LogP contribution in [0.3, 0.4) is 0 Å². The Hall–Kier alpha value is -3.46. The summed E-state index contributed by atoms with van der Waals surface area (Å²) in [5.74, 6) is 0.272. The van der Waals surface area contributed by atoms with Gasteiger partial charge in [0, 0.05) is 11.8 Å². The normalized spacial score (nSPS) is 13.8. The molecule has 1 aliphatic rings. The Balaban J connectivity index is 1.40. The van der Waals surface area contributed by atoms with Crippen molar-refractivity contribution in [1.82, 2.24) is 14.8 Å². The van der Waals surface area contributed by atoms with Crippen LogP contribution in [0.5, 0.6) is 11.5 Å². The van der Waals surface area contributed by atoms with Crippen molar-refractivity contribution in [1.29, 1.82) is 0 Å². The number of hydrogen-bond acceptors (Lipinski definition) is 6. The summed E-state index contributed by atoms with van der Waals surface area (Å²) in [7, 11) is 0. The average Bonchev–Trinajstić information content (AvgIpc) is 3.17. The molecule has 0 unspecified atom stereocenters. The largest absolute Gasteiger partial charge is 0.486 e. The summed E-state index contributed by atoms with van der Waals surface area (Å²) in [6.07, 6.45) is 0.446. The number of anilines is 1. The number of nitrogens with one attached hydrogen (secondary N) is 1. The summed E-state index contributed by atoms with van der Waals surface area (Å²) in [6, 6.07) is 10.6. The van der Waals surface area contributed by atoms with Gasteiger partial charge < -0.3 is 19.9 Å². The molecule has 0 radical (unpaired) electrons. The van der Waals surface area contributed by atoms with E-state index in [1.54, 1.807) is 18.2 Å². The minimum atomic E-state index is -0.906. The maximum Gasteiger partial charge on any atom is 0.295 e. The summed E-state index contributed by atoms with van der Waals surface area (Å²) < 4.78 is 25.3. The summed E-state index contributed by atoms with van der Waals surface area (Å²) >= 11 is 0. The topological polar surface area (TPSA) is 98.5 Å². The molecule has 0 spiro atoms. The van der Waals surface area contributed by atoms with E-state index in [1.807, 2.05) is 0 Å². The van der Waals surface area contributed by atoms with E-state index >= 15 is 0 Å². The third-order valence-electron chi connectivity index (χ3n) is 4.15. The molecule has 1 aliphatic heterocycles. The quantitative estimate of drug-likeness (QED) is 0.700. The predicted molar refractivity (Wildman–Crippen MR) is 96.8 cm³/mol. The SMILES string of the molecule is O=C(Nc1ccc2c(c1)OCCO2)c1ncn(C[C@H](O)c2ccc(F)cc2)n1. The van der Waals surface area contributed by atoms with Crippen LogP contribution in [0.2, 0.25) is 0 Å². The highest BCUT2D eigenvalue weighted by Crippen LogP contribution is 2.32. The molecule has 0 saturated heterocycles. The highest BCUT2D eigenvalue weighted by Gasteiger charge is 2.17. The predicted octanol–water partition coefficient (Wildman–Crippen LogP) is 2.17. The van der Waals surface area contributed by atoms with Gasteiger partial charge in [0.1, 0.15) is 25.4 Å². The minimum Gasteiger partial charge on any atom is -0.486 e. The number of amides is 1. The number of nitrogens with zero attached hydrogens (tertiary/aromatic N) is 3. The molecule has 2 aromatic carbocycles. The van der Waals surface area contributed by atoms with Crippen LogP contribution in [0.25, 0.3) is 0 Å². The van der Waals surface area contributed by atoms with Gasteiger partial charge in [-0.3, -0.25) is 4.79 Å². The number of rotatable bonds is 5. The van der Waals surface area contributed by atoms with E-state index in [9.17, 15) is 14.3 Å². The fourth-order valence-electron chi connectivity index (χ4n) is 2.76. The number of aliphatic hydroxyl groups is 1. The second-order valence-electron chi connectivity index (χ2n) is 6.17. The molecule has 0 saturated carbocycles. The Morgan fingerprint density at radius 3 is 2.71 bits per heavy atom. The summed E-state index contributed by atoms with van der Waals surface area (Å²) in [5, 5.41) is 17.0. The molecule has 0 fully saturated rings. The molecule has 1 atom stereocenters. The molecule has 1 aromatic heterocycles. The van der Waals surface area contributed by atoms with Gasteiger partial charge in [-0.05, 0) is 29.8 Å². The summed E-state index contributed by atoms with van der Waals surface area (Å²) in [4.78, 5) is 16.3. The van der Waals surface area contributed by atoms with Gasteiger partial charge in [0.2, 0.25) is 5.82 Å². The van der Waals surface area contributed by atoms with E-state index < -0.39 is 12.0 Å². The molecular weight excluding hydrogens is 367 g/mol. The number of hydrogen-bond donors (Lipinski definition) is 2. The highest BCUT2D eigenvalue weighted by atomic mass is 19.1. The summed E-state index contributed by atoms with van der Waals surface area (Å²) in [5.41, 5.74) is 1.07. The van der Waals surface area contributed by atoms with Gasteiger partial charge in [-0.1, -0.05) is 12.1 Å². The van der Waals surface area contributed by atoms with E-state index in [-0.39, 0.29) is 18.2 Å². The van der Waals surface area contributed by atoms with Crippen molar-refractivity contribution in [2.75, 3.05) is 18.5 Å². The van der Waals surface area contributed by atoms with E-state index in [4.69, 9.17) is 9.47 Å². The number of aromatic nitrogens is 3. The van der Waals surface area contributed by atoms with Crippen LogP contribution < -0.4 is 14.8 Å². The van der Waals surface area contributed by atoms with Gasteiger partial charge in [-0.2, -0.15) is 0 Å². The molecule has 0 aliphatic carbocycles. The second kappa shape index (κ2) is 7.65. The van der Waals surface area contributed by atoms with Gasteiger partial charge in [0.05, 0.1) is 12.6 Å². The molecule has 9 heteroatoms. The van der Waals surface area contributed by atoms with Crippen molar-refractivity contribution < 1.29 is 23.8 Å². The van der Waals surface area contributed by atoms with Gasteiger partial charge in [-0.25, -0.2) is 14.1 Å². The van der Waals surface area contributed by atoms with Gasteiger partial charge >= 0.3 is 0 Å². The van der Waals surface area contributed by atoms with Crippen LogP contribution in [-0.2, 0) is 6.54 Å². The van der Waals surface area contributed by atoms with Gasteiger partial charge in [0.15, 0.2) is 11.5 Å². The van der Waals surface area contributed by atoms with Crippen LogP contribution in [0.1, 0.15) is 22.3 Å².